The van der Waals surface area contributed by atoms with Gasteiger partial charge in [-0.05, 0) is 35.4 Å². The number of nitrogens with one attached hydrogen (secondary N) is 1. The lowest BCUT2D eigenvalue weighted by Crippen LogP contribution is -2.49. The van der Waals surface area contributed by atoms with Crippen molar-refractivity contribution in [3.8, 4) is 11.5 Å². The monoisotopic (exact) mass is 485 g/mol. The average Bonchev–Trinajstić information content (AvgIpc) is 2.94. The number of fused-ring (bicyclic) bond motifs is 1. The van der Waals surface area contributed by atoms with Crippen LogP contribution in [0.4, 0.5) is 0 Å². The molecular formula is C29H31N3O4. The summed E-state index contributed by atoms with van der Waals surface area (Å²) in [5.74, 6) is 1.47. The van der Waals surface area contributed by atoms with Gasteiger partial charge in [0.15, 0.2) is 11.5 Å². The van der Waals surface area contributed by atoms with E-state index in [1.165, 1.54) is 5.56 Å². The summed E-state index contributed by atoms with van der Waals surface area (Å²) < 4.78 is 11.3. The number of ether oxygens (including phenoxy) is 2. The Balaban J connectivity index is 1.18. The molecule has 2 heterocycles. The van der Waals surface area contributed by atoms with E-state index >= 15 is 0 Å². The summed E-state index contributed by atoms with van der Waals surface area (Å²) in [6.07, 6.45) is 0.227. The van der Waals surface area contributed by atoms with Crippen LogP contribution in [0, 0.1) is 0 Å². The Morgan fingerprint density at radius 3 is 2.19 bits per heavy atom. The van der Waals surface area contributed by atoms with Crippen LogP contribution in [-0.4, -0.2) is 61.0 Å². The fourth-order valence-corrected chi connectivity index (χ4v) is 4.67. The van der Waals surface area contributed by atoms with Crippen molar-refractivity contribution in [1.29, 1.82) is 0 Å². The molecule has 1 atom stereocenters. The zero-order valence-electron chi connectivity index (χ0n) is 20.3. The zero-order chi connectivity index (χ0) is 24.7. The minimum absolute atomic E-state index is 0.0520. The quantitative estimate of drug-likeness (QED) is 0.553. The molecule has 2 aliphatic rings. The third kappa shape index (κ3) is 5.86. The van der Waals surface area contributed by atoms with Gasteiger partial charge in [-0.25, -0.2) is 0 Å². The molecule has 0 aliphatic carbocycles. The van der Waals surface area contributed by atoms with Crippen molar-refractivity contribution in [2.75, 3.05) is 39.4 Å². The summed E-state index contributed by atoms with van der Waals surface area (Å²) in [6, 6.07) is 24.5. The van der Waals surface area contributed by atoms with Gasteiger partial charge in [-0.2, -0.15) is 0 Å². The third-order valence-corrected chi connectivity index (χ3v) is 6.66. The highest BCUT2D eigenvalue weighted by atomic mass is 16.6. The van der Waals surface area contributed by atoms with Gasteiger partial charge >= 0.3 is 0 Å². The van der Waals surface area contributed by atoms with Gasteiger partial charge in [0, 0.05) is 38.3 Å². The minimum Gasteiger partial charge on any atom is -0.486 e. The Kier molecular flexibility index (Phi) is 7.47. The van der Waals surface area contributed by atoms with Crippen LogP contribution >= 0.6 is 0 Å². The number of benzene rings is 3. The van der Waals surface area contributed by atoms with Crippen molar-refractivity contribution in [2.45, 2.75) is 19.0 Å². The molecule has 1 fully saturated rings. The predicted octanol–water partition coefficient (Wildman–Crippen LogP) is 3.66. The molecule has 0 saturated carbocycles. The second-order valence-electron chi connectivity index (χ2n) is 9.14. The standard InChI is InChI=1S/C29H31N3O4/c33-28(20-25(23-7-3-1-4-8-23)30-29(34)24-9-5-2-6-10-24)32-15-13-31(14-16-32)21-22-11-12-26-27(19-22)36-18-17-35-26/h1-12,19,25H,13-18,20-21H2,(H,30,34). The Morgan fingerprint density at radius 2 is 1.47 bits per heavy atom. The van der Waals surface area contributed by atoms with Crippen LogP contribution in [0.5, 0.6) is 11.5 Å². The number of nitrogens with zero attached hydrogens (tertiary/aromatic N) is 2. The van der Waals surface area contributed by atoms with E-state index in [0.29, 0.717) is 31.9 Å². The maximum atomic E-state index is 13.3. The second-order valence-corrected chi connectivity index (χ2v) is 9.14. The third-order valence-electron chi connectivity index (χ3n) is 6.66. The smallest absolute Gasteiger partial charge is 0.251 e. The van der Waals surface area contributed by atoms with Gasteiger partial charge in [-0.15, -0.1) is 0 Å². The first kappa shape index (κ1) is 23.9. The molecule has 2 aliphatic heterocycles. The number of hydrogen-bond acceptors (Lipinski definition) is 5. The Bertz CT molecular complexity index is 1180. The molecule has 1 unspecified atom stereocenters. The number of piperazine rings is 1. The Morgan fingerprint density at radius 1 is 0.806 bits per heavy atom. The van der Waals surface area contributed by atoms with Crippen molar-refractivity contribution in [3.05, 3.63) is 95.6 Å². The number of hydrogen-bond donors (Lipinski definition) is 1. The van der Waals surface area contributed by atoms with Crippen LogP contribution in [0.1, 0.15) is 33.9 Å². The molecule has 2 amide bonds. The molecule has 7 heteroatoms. The first-order chi connectivity index (χ1) is 17.7. The maximum absolute atomic E-state index is 13.3. The summed E-state index contributed by atoms with van der Waals surface area (Å²) in [5.41, 5.74) is 2.68. The van der Waals surface area contributed by atoms with Gasteiger partial charge in [-0.1, -0.05) is 54.6 Å². The van der Waals surface area contributed by atoms with E-state index < -0.39 is 0 Å². The maximum Gasteiger partial charge on any atom is 0.251 e. The molecule has 3 aromatic rings. The summed E-state index contributed by atoms with van der Waals surface area (Å²) in [7, 11) is 0. The van der Waals surface area contributed by atoms with E-state index in [-0.39, 0.29) is 24.3 Å². The number of amides is 2. The molecule has 1 saturated heterocycles. The summed E-state index contributed by atoms with van der Waals surface area (Å²) in [5, 5.41) is 3.07. The Hall–Kier alpha value is -3.84. The first-order valence-electron chi connectivity index (χ1n) is 12.5. The topological polar surface area (TPSA) is 71.1 Å². The molecule has 5 rings (SSSR count). The molecule has 0 bridgehead atoms. The van der Waals surface area contributed by atoms with E-state index in [2.05, 4.69) is 16.3 Å². The van der Waals surface area contributed by atoms with Crippen LogP contribution in [0.15, 0.2) is 78.9 Å². The zero-order valence-corrected chi connectivity index (χ0v) is 20.3. The molecule has 186 valence electrons. The van der Waals surface area contributed by atoms with Crippen LogP contribution in [-0.2, 0) is 11.3 Å². The lowest BCUT2D eigenvalue weighted by molar-refractivity contribution is -0.133. The van der Waals surface area contributed by atoms with Crippen molar-refractivity contribution in [3.63, 3.8) is 0 Å². The predicted molar refractivity (Wildman–Crippen MR) is 137 cm³/mol. The fraction of sp³-hybridized carbons (Fsp3) is 0.310. The van der Waals surface area contributed by atoms with Crippen molar-refractivity contribution >= 4 is 11.8 Å². The molecule has 0 spiro atoms. The molecule has 0 aromatic heterocycles. The van der Waals surface area contributed by atoms with E-state index in [9.17, 15) is 9.59 Å². The van der Waals surface area contributed by atoms with Crippen LogP contribution in [0.25, 0.3) is 0 Å². The fourth-order valence-electron chi connectivity index (χ4n) is 4.67. The molecule has 3 aromatic carbocycles. The average molecular weight is 486 g/mol. The summed E-state index contributed by atoms with van der Waals surface area (Å²) in [6.45, 7) is 4.89. The highest BCUT2D eigenvalue weighted by molar-refractivity contribution is 5.94. The lowest BCUT2D eigenvalue weighted by Gasteiger charge is -2.35. The number of carbonyl (C=O) groups excluding carboxylic acids is 2. The normalized spacial score (nSPS) is 16.3. The summed E-state index contributed by atoms with van der Waals surface area (Å²) >= 11 is 0. The molecule has 0 radical (unpaired) electrons. The molecular weight excluding hydrogens is 454 g/mol. The van der Waals surface area contributed by atoms with Crippen molar-refractivity contribution in [1.82, 2.24) is 15.1 Å². The van der Waals surface area contributed by atoms with E-state index in [1.54, 1.807) is 12.1 Å². The second kappa shape index (κ2) is 11.3. The van der Waals surface area contributed by atoms with Crippen LogP contribution in [0.3, 0.4) is 0 Å². The molecule has 36 heavy (non-hydrogen) atoms. The minimum atomic E-state index is -0.387. The lowest BCUT2D eigenvalue weighted by atomic mass is 10.0. The first-order valence-corrected chi connectivity index (χ1v) is 12.5. The van der Waals surface area contributed by atoms with Crippen molar-refractivity contribution in [2.24, 2.45) is 0 Å². The Labute approximate surface area is 211 Å². The molecule has 1 N–H and O–H groups in total. The largest absolute Gasteiger partial charge is 0.486 e. The van der Waals surface area contributed by atoms with Crippen LogP contribution < -0.4 is 14.8 Å². The van der Waals surface area contributed by atoms with Gasteiger partial charge in [-0.3, -0.25) is 14.5 Å². The van der Waals surface area contributed by atoms with E-state index in [4.69, 9.17) is 9.47 Å². The van der Waals surface area contributed by atoms with Gasteiger partial charge < -0.3 is 19.7 Å². The van der Waals surface area contributed by atoms with E-state index in [1.807, 2.05) is 65.6 Å². The van der Waals surface area contributed by atoms with Gasteiger partial charge in [0.1, 0.15) is 13.2 Å². The highest BCUT2D eigenvalue weighted by Gasteiger charge is 2.26. The summed E-state index contributed by atoms with van der Waals surface area (Å²) in [4.78, 5) is 30.3. The molecule has 7 nitrogen and oxygen atoms in total. The SMILES string of the molecule is O=C(NC(CC(=O)N1CCN(Cc2ccc3c(c2)OCCO3)CC1)c1ccccc1)c1ccccc1. The number of rotatable bonds is 7. The van der Waals surface area contributed by atoms with Crippen LogP contribution in [0.2, 0.25) is 0 Å². The van der Waals surface area contributed by atoms with Gasteiger partial charge in [0.25, 0.3) is 5.91 Å². The number of carbonyl (C=O) groups is 2. The van der Waals surface area contributed by atoms with E-state index in [0.717, 1.165) is 36.7 Å². The highest BCUT2D eigenvalue weighted by Crippen LogP contribution is 2.31. The van der Waals surface area contributed by atoms with Crippen molar-refractivity contribution < 1.29 is 19.1 Å². The van der Waals surface area contributed by atoms with Gasteiger partial charge in [0.05, 0.1) is 12.5 Å². The van der Waals surface area contributed by atoms with Gasteiger partial charge in [0.2, 0.25) is 5.91 Å².